The maximum atomic E-state index is 11.8. The lowest BCUT2D eigenvalue weighted by Gasteiger charge is -2.16. The number of aliphatic carboxylic acids is 1. The second-order valence-electron chi connectivity index (χ2n) is 5.10. The van der Waals surface area contributed by atoms with E-state index in [-0.39, 0.29) is 18.9 Å². The SMILES string of the molecule is O=C(CNC1CCCC1)N[C@@H](Cc1cnc[nH]1)C(=O)O. The maximum Gasteiger partial charge on any atom is 0.326 e. The fraction of sp³-hybridized carbons (Fsp3) is 0.615. The van der Waals surface area contributed by atoms with E-state index in [1.165, 1.54) is 19.2 Å². The molecule has 0 unspecified atom stereocenters. The number of carboxylic acid groups (broad SMARTS) is 1. The van der Waals surface area contributed by atoms with Gasteiger partial charge in [0.15, 0.2) is 0 Å². The number of nitrogens with zero attached hydrogens (tertiary/aromatic N) is 1. The molecule has 1 atom stereocenters. The number of aromatic amines is 1. The fourth-order valence-electron chi connectivity index (χ4n) is 2.43. The van der Waals surface area contributed by atoms with E-state index in [0.29, 0.717) is 11.7 Å². The van der Waals surface area contributed by atoms with Crippen LogP contribution in [0.25, 0.3) is 0 Å². The smallest absolute Gasteiger partial charge is 0.326 e. The molecule has 0 spiro atoms. The molecule has 0 aliphatic heterocycles. The average molecular weight is 280 g/mol. The highest BCUT2D eigenvalue weighted by Crippen LogP contribution is 2.17. The van der Waals surface area contributed by atoms with E-state index in [9.17, 15) is 9.59 Å². The van der Waals surface area contributed by atoms with Crippen LogP contribution in [0.4, 0.5) is 0 Å². The zero-order chi connectivity index (χ0) is 14.4. The van der Waals surface area contributed by atoms with Crippen LogP contribution in [-0.4, -0.2) is 45.6 Å². The summed E-state index contributed by atoms with van der Waals surface area (Å²) in [5, 5.41) is 14.8. The molecule has 2 rings (SSSR count). The summed E-state index contributed by atoms with van der Waals surface area (Å²) in [4.78, 5) is 29.6. The number of carbonyl (C=O) groups excluding carboxylic acids is 1. The lowest BCUT2D eigenvalue weighted by atomic mass is 10.1. The number of amides is 1. The number of imidazole rings is 1. The number of aromatic nitrogens is 2. The van der Waals surface area contributed by atoms with E-state index in [0.717, 1.165) is 12.8 Å². The lowest BCUT2D eigenvalue weighted by molar-refractivity contribution is -0.141. The second kappa shape index (κ2) is 7.04. The molecule has 1 aliphatic carbocycles. The Balaban J connectivity index is 1.78. The van der Waals surface area contributed by atoms with Gasteiger partial charge in [-0.15, -0.1) is 0 Å². The van der Waals surface area contributed by atoms with Gasteiger partial charge in [0.2, 0.25) is 5.91 Å². The summed E-state index contributed by atoms with van der Waals surface area (Å²) in [6.07, 6.45) is 7.79. The predicted molar refractivity (Wildman–Crippen MR) is 72.1 cm³/mol. The van der Waals surface area contributed by atoms with Crippen molar-refractivity contribution in [3.8, 4) is 0 Å². The number of H-pyrrole nitrogens is 1. The first-order valence-electron chi connectivity index (χ1n) is 6.88. The molecule has 7 heteroatoms. The van der Waals surface area contributed by atoms with Crippen molar-refractivity contribution >= 4 is 11.9 Å². The largest absolute Gasteiger partial charge is 0.480 e. The van der Waals surface area contributed by atoms with Gasteiger partial charge in [-0.2, -0.15) is 0 Å². The zero-order valence-electron chi connectivity index (χ0n) is 11.3. The first kappa shape index (κ1) is 14.5. The molecule has 0 saturated heterocycles. The van der Waals surface area contributed by atoms with Gasteiger partial charge in [0.05, 0.1) is 12.9 Å². The quantitative estimate of drug-likeness (QED) is 0.565. The molecule has 4 N–H and O–H groups in total. The molecule has 110 valence electrons. The van der Waals surface area contributed by atoms with E-state index in [4.69, 9.17) is 5.11 Å². The Morgan fingerprint density at radius 2 is 2.20 bits per heavy atom. The number of nitrogens with one attached hydrogen (secondary N) is 3. The van der Waals surface area contributed by atoms with E-state index < -0.39 is 12.0 Å². The van der Waals surface area contributed by atoms with Gasteiger partial charge in [0, 0.05) is 24.4 Å². The summed E-state index contributed by atoms with van der Waals surface area (Å²) in [7, 11) is 0. The van der Waals surface area contributed by atoms with E-state index in [1.807, 2.05) is 0 Å². The van der Waals surface area contributed by atoms with Gasteiger partial charge >= 0.3 is 5.97 Å². The van der Waals surface area contributed by atoms with E-state index >= 15 is 0 Å². The van der Waals surface area contributed by atoms with Crippen molar-refractivity contribution < 1.29 is 14.7 Å². The van der Waals surface area contributed by atoms with Gasteiger partial charge in [0.1, 0.15) is 6.04 Å². The molecule has 20 heavy (non-hydrogen) atoms. The van der Waals surface area contributed by atoms with Gasteiger partial charge in [-0.05, 0) is 12.8 Å². The van der Waals surface area contributed by atoms with Crippen LogP contribution in [0.1, 0.15) is 31.4 Å². The van der Waals surface area contributed by atoms with E-state index in [1.54, 1.807) is 6.20 Å². The summed E-state index contributed by atoms with van der Waals surface area (Å²) < 4.78 is 0. The predicted octanol–water partition coefficient (Wildman–Crippen LogP) is 0.0538. The zero-order valence-corrected chi connectivity index (χ0v) is 11.3. The molecule has 1 saturated carbocycles. The third kappa shape index (κ3) is 4.34. The van der Waals surface area contributed by atoms with Crippen LogP contribution < -0.4 is 10.6 Å². The Morgan fingerprint density at radius 3 is 2.80 bits per heavy atom. The van der Waals surface area contributed by atoms with Crippen LogP contribution in [0, 0.1) is 0 Å². The van der Waals surface area contributed by atoms with Crippen LogP contribution in [-0.2, 0) is 16.0 Å². The molecule has 1 fully saturated rings. The standard InChI is InChI=1S/C13H20N4O3/c18-12(7-15-9-3-1-2-4-9)17-11(13(19)20)5-10-6-14-8-16-10/h6,8-9,11,15H,1-5,7H2,(H,14,16)(H,17,18)(H,19,20)/t11-/m0/s1. The van der Waals surface area contributed by atoms with Crippen molar-refractivity contribution in [1.29, 1.82) is 0 Å². The van der Waals surface area contributed by atoms with Gasteiger partial charge in [-0.3, -0.25) is 4.79 Å². The third-order valence-electron chi connectivity index (χ3n) is 3.52. The topological polar surface area (TPSA) is 107 Å². The minimum Gasteiger partial charge on any atom is -0.480 e. The molecular weight excluding hydrogens is 260 g/mol. The number of rotatable bonds is 7. The van der Waals surface area contributed by atoms with Crippen molar-refractivity contribution in [1.82, 2.24) is 20.6 Å². The van der Waals surface area contributed by atoms with Crippen molar-refractivity contribution in [2.24, 2.45) is 0 Å². The summed E-state index contributed by atoms with van der Waals surface area (Å²) in [5.74, 6) is -1.34. The Hall–Kier alpha value is -1.89. The summed E-state index contributed by atoms with van der Waals surface area (Å²) >= 11 is 0. The number of hydrogen-bond acceptors (Lipinski definition) is 4. The summed E-state index contributed by atoms with van der Waals surface area (Å²) in [6, 6.07) is -0.551. The van der Waals surface area contributed by atoms with Gasteiger partial charge < -0.3 is 20.7 Å². The molecule has 1 amide bonds. The molecule has 0 bridgehead atoms. The van der Waals surface area contributed by atoms with E-state index in [2.05, 4.69) is 20.6 Å². The van der Waals surface area contributed by atoms with Crippen molar-refractivity contribution in [3.05, 3.63) is 18.2 Å². The first-order valence-corrected chi connectivity index (χ1v) is 6.88. The van der Waals surface area contributed by atoms with Crippen LogP contribution in [0.3, 0.4) is 0 Å². The molecule has 0 aromatic carbocycles. The summed E-state index contributed by atoms with van der Waals surface area (Å²) in [6.45, 7) is 0.164. The molecule has 1 aromatic rings. The Bertz CT molecular complexity index is 440. The first-order chi connectivity index (χ1) is 9.65. The van der Waals surface area contributed by atoms with Gasteiger partial charge in [0.25, 0.3) is 0 Å². The highest BCUT2D eigenvalue weighted by molar-refractivity contribution is 5.84. The van der Waals surface area contributed by atoms with Gasteiger partial charge in [-0.1, -0.05) is 12.8 Å². The van der Waals surface area contributed by atoms with Crippen LogP contribution in [0.15, 0.2) is 12.5 Å². The number of hydrogen-bond donors (Lipinski definition) is 4. The number of carboxylic acids is 1. The Labute approximate surface area is 117 Å². The van der Waals surface area contributed by atoms with Crippen molar-refractivity contribution in [3.63, 3.8) is 0 Å². The maximum absolute atomic E-state index is 11.8. The number of carbonyl (C=O) groups is 2. The molecule has 1 aromatic heterocycles. The molecular formula is C13H20N4O3. The van der Waals surface area contributed by atoms with Gasteiger partial charge in [-0.25, -0.2) is 9.78 Å². The average Bonchev–Trinajstić information content (AvgIpc) is 3.08. The minimum atomic E-state index is -1.05. The fourth-order valence-corrected chi connectivity index (χ4v) is 2.43. The molecule has 0 radical (unpaired) electrons. The molecule has 1 aliphatic rings. The highest BCUT2D eigenvalue weighted by Gasteiger charge is 2.22. The third-order valence-corrected chi connectivity index (χ3v) is 3.52. The minimum absolute atomic E-state index is 0.164. The summed E-state index contributed by atoms with van der Waals surface area (Å²) in [5.41, 5.74) is 0.682. The Kier molecular flexibility index (Phi) is 5.11. The molecule has 7 nitrogen and oxygen atoms in total. The van der Waals surface area contributed by atoms with Crippen molar-refractivity contribution in [2.75, 3.05) is 6.54 Å². The second-order valence-corrected chi connectivity index (χ2v) is 5.10. The highest BCUT2D eigenvalue weighted by atomic mass is 16.4. The molecule has 1 heterocycles. The Morgan fingerprint density at radius 1 is 1.45 bits per heavy atom. The lowest BCUT2D eigenvalue weighted by Crippen LogP contribution is -2.47. The van der Waals surface area contributed by atoms with Crippen LogP contribution >= 0.6 is 0 Å². The van der Waals surface area contributed by atoms with Crippen LogP contribution in [0.2, 0.25) is 0 Å². The van der Waals surface area contributed by atoms with Crippen molar-refractivity contribution in [2.45, 2.75) is 44.2 Å². The van der Waals surface area contributed by atoms with Crippen LogP contribution in [0.5, 0.6) is 0 Å². The normalized spacial score (nSPS) is 17.0. The monoisotopic (exact) mass is 280 g/mol.